The first-order valence-corrected chi connectivity index (χ1v) is 5.27. The lowest BCUT2D eigenvalue weighted by Crippen LogP contribution is -2.11. The fraction of sp³-hybridized carbons (Fsp3) is 0.500. The summed E-state index contributed by atoms with van der Waals surface area (Å²) in [6.45, 7) is 1.34. The predicted octanol–water partition coefficient (Wildman–Crippen LogP) is 0.524. The van der Waals surface area contributed by atoms with Gasteiger partial charge < -0.3 is 15.2 Å². The summed E-state index contributed by atoms with van der Waals surface area (Å²) < 4.78 is 10.6. The van der Waals surface area contributed by atoms with Crippen LogP contribution in [0.3, 0.4) is 0 Å². The minimum Gasteiger partial charge on any atom is -0.381 e. The molecule has 0 aromatic carbocycles. The first-order valence-electron chi connectivity index (χ1n) is 4.29. The molecule has 0 amide bonds. The first kappa shape index (κ1) is 9.70. The van der Waals surface area contributed by atoms with E-state index in [1.807, 2.05) is 0 Å². The SMILES string of the molecule is Nc1nccnc1SCC1OCCO1. The molecule has 0 aliphatic carbocycles. The second-order valence-electron chi connectivity index (χ2n) is 2.73. The van der Waals surface area contributed by atoms with Crippen LogP contribution < -0.4 is 5.73 Å². The van der Waals surface area contributed by atoms with Crippen LogP contribution in [0.5, 0.6) is 0 Å². The van der Waals surface area contributed by atoms with Crippen molar-refractivity contribution in [1.29, 1.82) is 0 Å². The summed E-state index contributed by atoms with van der Waals surface area (Å²) in [5.74, 6) is 1.15. The van der Waals surface area contributed by atoms with Gasteiger partial charge in [0.2, 0.25) is 0 Å². The number of hydrogen-bond donors (Lipinski definition) is 1. The molecular weight excluding hydrogens is 202 g/mol. The van der Waals surface area contributed by atoms with Gasteiger partial charge in [-0.05, 0) is 0 Å². The Morgan fingerprint density at radius 1 is 1.36 bits per heavy atom. The van der Waals surface area contributed by atoms with Gasteiger partial charge in [-0.15, -0.1) is 0 Å². The molecular formula is C8H11N3O2S. The van der Waals surface area contributed by atoms with Crippen molar-refractivity contribution in [2.75, 3.05) is 24.7 Å². The average Bonchev–Trinajstić information content (AvgIpc) is 2.69. The van der Waals surface area contributed by atoms with Gasteiger partial charge in [0.1, 0.15) is 5.03 Å². The predicted molar refractivity (Wildman–Crippen MR) is 52.9 cm³/mol. The molecule has 0 saturated carbocycles. The molecule has 0 atom stereocenters. The van der Waals surface area contributed by atoms with Crippen molar-refractivity contribution in [2.24, 2.45) is 0 Å². The Morgan fingerprint density at radius 2 is 2.07 bits per heavy atom. The first-order chi connectivity index (χ1) is 6.86. The summed E-state index contributed by atoms with van der Waals surface area (Å²) in [6, 6.07) is 0. The number of hydrogen-bond acceptors (Lipinski definition) is 6. The molecule has 76 valence electrons. The Labute approximate surface area is 86.0 Å². The highest BCUT2D eigenvalue weighted by atomic mass is 32.2. The third kappa shape index (κ3) is 2.34. The van der Waals surface area contributed by atoms with E-state index in [0.29, 0.717) is 24.8 Å². The van der Waals surface area contributed by atoms with Crippen molar-refractivity contribution in [2.45, 2.75) is 11.3 Å². The minimum absolute atomic E-state index is 0.138. The van der Waals surface area contributed by atoms with Crippen molar-refractivity contribution < 1.29 is 9.47 Å². The quantitative estimate of drug-likeness (QED) is 0.738. The van der Waals surface area contributed by atoms with Crippen LogP contribution in [0.15, 0.2) is 17.4 Å². The van der Waals surface area contributed by atoms with Crippen molar-refractivity contribution in [3.63, 3.8) is 0 Å². The molecule has 2 heterocycles. The Balaban J connectivity index is 1.88. The van der Waals surface area contributed by atoms with Gasteiger partial charge >= 0.3 is 0 Å². The molecule has 1 fully saturated rings. The molecule has 14 heavy (non-hydrogen) atoms. The van der Waals surface area contributed by atoms with Gasteiger partial charge in [-0.2, -0.15) is 0 Å². The topological polar surface area (TPSA) is 70.3 Å². The molecule has 1 saturated heterocycles. The Bertz CT molecular complexity index is 304. The van der Waals surface area contributed by atoms with Gasteiger partial charge in [-0.1, -0.05) is 11.8 Å². The van der Waals surface area contributed by atoms with Crippen LogP contribution in [-0.4, -0.2) is 35.2 Å². The van der Waals surface area contributed by atoms with Crippen molar-refractivity contribution in [3.05, 3.63) is 12.4 Å². The van der Waals surface area contributed by atoms with Crippen LogP contribution >= 0.6 is 11.8 Å². The maximum absolute atomic E-state index is 5.63. The van der Waals surface area contributed by atoms with Crippen LogP contribution in [0.4, 0.5) is 5.82 Å². The van der Waals surface area contributed by atoms with Crippen molar-refractivity contribution in [3.8, 4) is 0 Å². The number of nitrogen functional groups attached to an aromatic ring is 1. The summed E-state index contributed by atoms with van der Waals surface area (Å²) in [4.78, 5) is 8.04. The number of anilines is 1. The van der Waals surface area contributed by atoms with E-state index in [1.165, 1.54) is 11.8 Å². The molecule has 0 radical (unpaired) electrons. The molecule has 2 N–H and O–H groups in total. The smallest absolute Gasteiger partial charge is 0.167 e. The van der Waals surface area contributed by atoms with Crippen LogP contribution in [-0.2, 0) is 9.47 Å². The largest absolute Gasteiger partial charge is 0.381 e. The lowest BCUT2D eigenvalue weighted by Gasteiger charge is -2.08. The molecule has 0 bridgehead atoms. The molecule has 0 unspecified atom stereocenters. The van der Waals surface area contributed by atoms with Crippen LogP contribution in [0, 0.1) is 0 Å². The third-order valence-electron chi connectivity index (χ3n) is 1.74. The third-order valence-corrected chi connectivity index (χ3v) is 2.76. The maximum atomic E-state index is 5.63. The van der Waals surface area contributed by atoms with Crippen molar-refractivity contribution >= 4 is 17.6 Å². The molecule has 6 heteroatoms. The molecule has 0 spiro atoms. The van der Waals surface area contributed by atoms with Crippen LogP contribution in [0.2, 0.25) is 0 Å². The number of nitrogens with two attached hydrogens (primary N) is 1. The number of ether oxygens (including phenoxy) is 2. The highest BCUT2D eigenvalue weighted by Crippen LogP contribution is 2.22. The van der Waals surface area contributed by atoms with E-state index >= 15 is 0 Å². The second kappa shape index (κ2) is 4.59. The fourth-order valence-corrected chi connectivity index (χ4v) is 1.92. The van der Waals surface area contributed by atoms with E-state index < -0.39 is 0 Å². The number of nitrogens with zero attached hydrogens (tertiary/aromatic N) is 2. The average molecular weight is 213 g/mol. The van der Waals surface area contributed by atoms with E-state index in [4.69, 9.17) is 15.2 Å². The molecule has 2 rings (SSSR count). The lowest BCUT2D eigenvalue weighted by molar-refractivity contribution is -0.0214. The van der Waals surface area contributed by atoms with E-state index in [0.717, 1.165) is 5.03 Å². The van der Waals surface area contributed by atoms with Gasteiger partial charge in [0, 0.05) is 12.4 Å². The zero-order valence-electron chi connectivity index (χ0n) is 7.55. The van der Waals surface area contributed by atoms with E-state index in [9.17, 15) is 0 Å². The standard InChI is InChI=1S/C8H11N3O2S/c9-7-8(11-2-1-10-7)14-5-6-12-3-4-13-6/h1-2,6H,3-5H2,(H2,9,10). The van der Waals surface area contributed by atoms with E-state index in [-0.39, 0.29) is 6.29 Å². The molecule has 1 aromatic heterocycles. The lowest BCUT2D eigenvalue weighted by atomic mass is 10.7. The Morgan fingerprint density at radius 3 is 2.79 bits per heavy atom. The minimum atomic E-state index is -0.138. The number of aromatic nitrogens is 2. The van der Waals surface area contributed by atoms with Gasteiger partial charge in [-0.25, -0.2) is 9.97 Å². The highest BCUT2D eigenvalue weighted by molar-refractivity contribution is 7.99. The Kier molecular flexibility index (Phi) is 3.18. The summed E-state index contributed by atoms with van der Waals surface area (Å²) in [5, 5.41) is 0.728. The number of rotatable bonds is 3. The zero-order chi connectivity index (χ0) is 9.80. The summed E-state index contributed by atoms with van der Waals surface area (Å²) in [7, 11) is 0. The second-order valence-corrected chi connectivity index (χ2v) is 3.74. The van der Waals surface area contributed by atoms with Crippen LogP contribution in [0.25, 0.3) is 0 Å². The summed E-state index contributed by atoms with van der Waals surface area (Å²) in [5.41, 5.74) is 5.63. The van der Waals surface area contributed by atoms with Crippen molar-refractivity contribution in [1.82, 2.24) is 9.97 Å². The molecule has 1 aliphatic rings. The normalized spacial score (nSPS) is 17.4. The van der Waals surface area contributed by atoms with E-state index in [2.05, 4.69) is 9.97 Å². The Hall–Kier alpha value is -0.850. The summed E-state index contributed by atoms with van der Waals surface area (Å²) >= 11 is 1.50. The van der Waals surface area contributed by atoms with Gasteiger partial charge in [0.25, 0.3) is 0 Å². The summed E-state index contributed by atoms with van der Waals surface area (Å²) in [6.07, 6.45) is 3.05. The molecule has 1 aromatic rings. The highest BCUT2D eigenvalue weighted by Gasteiger charge is 2.16. The maximum Gasteiger partial charge on any atom is 0.167 e. The van der Waals surface area contributed by atoms with Gasteiger partial charge in [0.05, 0.1) is 19.0 Å². The molecule has 5 nitrogen and oxygen atoms in total. The molecule has 1 aliphatic heterocycles. The van der Waals surface area contributed by atoms with Crippen LogP contribution in [0.1, 0.15) is 0 Å². The van der Waals surface area contributed by atoms with Gasteiger partial charge in [-0.3, -0.25) is 0 Å². The van der Waals surface area contributed by atoms with E-state index in [1.54, 1.807) is 12.4 Å². The fourth-order valence-electron chi connectivity index (χ4n) is 1.10. The zero-order valence-corrected chi connectivity index (χ0v) is 8.37. The number of thioether (sulfide) groups is 1. The van der Waals surface area contributed by atoms with Gasteiger partial charge in [0.15, 0.2) is 12.1 Å². The monoisotopic (exact) mass is 213 g/mol.